The number of likely N-dealkylation sites (N-methyl/N-ethyl adjacent to an activating group) is 1. The highest BCUT2D eigenvalue weighted by atomic mass is 32.1. The second kappa shape index (κ2) is 11.4. The van der Waals surface area contributed by atoms with Gasteiger partial charge in [0.25, 0.3) is 0 Å². The Morgan fingerprint density at radius 2 is 1.76 bits per heavy atom. The van der Waals surface area contributed by atoms with Crippen molar-refractivity contribution in [1.82, 2.24) is 35.2 Å². The summed E-state index contributed by atoms with van der Waals surface area (Å²) in [5, 5.41) is 24.7. The fourth-order valence-corrected chi connectivity index (χ4v) is 7.85. The zero-order chi connectivity index (χ0) is 26.0. The number of aromatic nitrogens is 5. The Bertz CT molecular complexity index is 1060. The lowest BCUT2D eigenvalue weighted by molar-refractivity contribution is -0.125. The molecular weight excluding hydrogens is 500 g/mol. The van der Waals surface area contributed by atoms with Crippen molar-refractivity contribution in [2.75, 3.05) is 61.8 Å². The van der Waals surface area contributed by atoms with Gasteiger partial charge in [-0.15, -0.1) is 20.4 Å². The van der Waals surface area contributed by atoms with E-state index in [-0.39, 0.29) is 18.0 Å². The standard InChI is InChI=1S/C26H40N10OS/c1-34-12-14-35(15-13-34)22(19-4-9-26(10-5-19)7-2-3-8-26)23(37)30-25-33-32-24(38-25)29-20-6-11-36(17-20)21-16-27-18-28-31-21/h16,18-20,22H,2-15,17H2,1H3,(H,29,32)(H,30,33,37)/t20?,22-/m0/s1. The minimum atomic E-state index is -0.0910. The van der Waals surface area contributed by atoms with Crippen molar-refractivity contribution in [3.8, 4) is 0 Å². The molecule has 2 atom stereocenters. The van der Waals surface area contributed by atoms with Crippen LogP contribution in [0.25, 0.3) is 0 Å². The Kier molecular flexibility index (Phi) is 7.71. The molecule has 0 bridgehead atoms. The number of carbonyl (C=O) groups is 1. The van der Waals surface area contributed by atoms with Crippen LogP contribution in [0.4, 0.5) is 16.1 Å². The van der Waals surface area contributed by atoms with E-state index in [0.29, 0.717) is 16.5 Å². The molecular formula is C26H40N10OS. The summed E-state index contributed by atoms with van der Waals surface area (Å²) in [7, 11) is 2.17. The molecule has 2 aromatic rings. The highest BCUT2D eigenvalue weighted by Crippen LogP contribution is 2.51. The smallest absolute Gasteiger partial charge is 0.243 e. The van der Waals surface area contributed by atoms with Crippen molar-refractivity contribution < 1.29 is 4.79 Å². The van der Waals surface area contributed by atoms with Gasteiger partial charge < -0.3 is 15.1 Å². The zero-order valence-corrected chi connectivity index (χ0v) is 23.2. The summed E-state index contributed by atoms with van der Waals surface area (Å²) >= 11 is 1.42. The van der Waals surface area contributed by atoms with Gasteiger partial charge in [0, 0.05) is 45.3 Å². The van der Waals surface area contributed by atoms with Crippen LogP contribution in [0.2, 0.25) is 0 Å². The van der Waals surface area contributed by atoms with E-state index >= 15 is 0 Å². The Hall–Kier alpha value is -2.44. The third-order valence-electron chi connectivity index (χ3n) is 9.37. The van der Waals surface area contributed by atoms with Crippen LogP contribution in [0.1, 0.15) is 57.8 Å². The number of carbonyl (C=O) groups excluding carboxylic acids is 1. The molecule has 0 aromatic carbocycles. The first-order chi connectivity index (χ1) is 18.6. The minimum absolute atomic E-state index is 0.0896. The molecule has 1 spiro atoms. The van der Waals surface area contributed by atoms with Crippen molar-refractivity contribution in [3.05, 3.63) is 12.5 Å². The van der Waals surface area contributed by atoms with Crippen molar-refractivity contribution in [1.29, 1.82) is 0 Å². The summed E-state index contributed by atoms with van der Waals surface area (Å²) in [5.41, 5.74) is 0.568. The highest BCUT2D eigenvalue weighted by Gasteiger charge is 2.43. The van der Waals surface area contributed by atoms with E-state index in [1.165, 1.54) is 56.2 Å². The first-order valence-corrected chi connectivity index (χ1v) is 15.1. The van der Waals surface area contributed by atoms with Gasteiger partial charge in [0.15, 0.2) is 5.82 Å². The van der Waals surface area contributed by atoms with Crippen molar-refractivity contribution in [3.63, 3.8) is 0 Å². The number of nitrogens with zero attached hydrogens (tertiary/aromatic N) is 8. The van der Waals surface area contributed by atoms with E-state index in [9.17, 15) is 4.79 Å². The second-order valence-electron chi connectivity index (χ2n) is 11.8. The monoisotopic (exact) mass is 540 g/mol. The van der Waals surface area contributed by atoms with Gasteiger partial charge in [0.2, 0.25) is 16.2 Å². The van der Waals surface area contributed by atoms with E-state index in [0.717, 1.165) is 69.5 Å². The summed E-state index contributed by atoms with van der Waals surface area (Å²) in [5.74, 6) is 1.29. The van der Waals surface area contributed by atoms with Crippen molar-refractivity contribution >= 4 is 33.3 Å². The third-order valence-corrected chi connectivity index (χ3v) is 10.1. The molecule has 4 heterocycles. The number of amides is 1. The van der Waals surface area contributed by atoms with Crippen LogP contribution in [-0.4, -0.2) is 99.5 Å². The lowest BCUT2D eigenvalue weighted by Gasteiger charge is -2.44. The largest absolute Gasteiger partial charge is 0.355 e. The number of anilines is 3. The lowest BCUT2D eigenvalue weighted by Crippen LogP contribution is -2.56. The van der Waals surface area contributed by atoms with Gasteiger partial charge in [0.1, 0.15) is 6.33 Å². The number of nitrogens with one attached hydrogen (secondary N) is 2. The van der Waals surface area contributed by atoms with E-state index < -0.39 is 0 Å². The van der Waals surface area contributed by atoms with Crippen LogP contribution in [0.15, 0.2) is 12.5 Å². The Balaban J connectivity index is 1.08. The van der Waals surface area contributed by atoms with Crippen LogP contribution >= 0.6 is 11.3 Å². The topological polar surface area (TPSA) is 115 Å². The van der Waals surface area contributed by atoms with E-state index in [1.54, 1.807) is 6.20 Å². The van der Waals surface area contributed by atoms with Gasteiger partial charge in [-0.1, -0.05) is 24.2 Å². The normalized spacial score (nSPS) is 25.6. The molecule has 1 amide bonds. The van der Waals surface area contributed by atoms with Gasteiger partial charge in [-0.3, -0.25) is 15.0 Å². The maximum atomic E-state index is 13.8. The number of hydrogen-bond acceptors (Lipinski definition) is 11. The molecule has 1 unspecified atom stereocenters. The van der Waals surface area contributed by atoms with E-state index in [4.69, 9.17) is 0 Å². The zero-order valence-electron chi connectivity index (χ0n) is 22.4. The average Bonchev–Trinajstić information content (AvgIpc) is 3.70. The van der Waals surface area contributed by atoms with Gasteiger partial charge in [-0.25, -0.2) is 4.98 Å². The average molecular weight is 541 g/mol. The number of hydrogen-bond donors (Lipinski definition) is 2. The van der Waals surface area contributed by atoms with Crippen LogP contribution in [0.3, 0.4) is 0 Å². The lowest BCUT2D eigenvalue weighted by atomic mass is 9.67. The SMILES string of the molecule is CN1CCN([C@H](C(=O)Nc2nnc(NC3CCN(c4cncnn4)C3)s2)C2CCC3(CCCC3)CC2)CC1. The molecule has 4 aliphatic rings. The second-order valence-corrected chi connectivity index (χ2v) is 12.8. The number of piperazine rings is 1. The molecule has 2 aliphatic carbocycles. The minimum Gasteiger partial charge on any atom is -0.355 e. The Morgan fingerprint density at radius 1 is 1.00 bits per heavy atom. The Morgan fingerprint density at radius 3 is 2.50 bits per heavy atom. The van der Waals surface area contributed by atoms with Crippen LogP contribution in [0, 0.1) is 11.3 Å². The summed E-state index contributed by atoms with van der Waals surface area (Å²) < 4.78 is 0. The van der Waals surface area contributed by atoms with Gasteiger partial charge in [0.05, 0.1) is 12.2 Å². The summed E-state index contributed by atoms with van der Waals surface area (Å²) in [6, 6.07) is 0.142. The fraction of sp³-hybridized carbons (Fsp3) is 0.769. The van der Waals surface area contributed by atoms with E-state index in [2.05, 4.69) is 57.8 Å². The van der Waals surface area contributed by atoms with Gasteiger partial charge in [-0.05, 0) is 63.3 Å². The molecule has 206 valence electrons. The van der Waals surface area contributed by atoms with Crippen LogP contribution in [-0.2, 0) is 4.79 Å². The summed E-state index contributed by atoms with van der Waals surface area (Å²) in [4.78, 5) is 24.8. The first kappa shape index (κ1) is 25.8. The molecule has 2 saturated heterocycles. The summed E-state index contributed by atoms with van der Waals surface area (Å²) in [6.07, 6.45) is 14.6. The molecule has 0 radical (unpaired) electrons. The van der Waals surface area contributed by atoms with Gasteiger partial charge >= 0.3 is 0 Å². The van der Waals surface area contributed by atoms with Crippen LogP contribution < -0.4 is 15.5 Å². The van der Waals surface area contributed by atoms with Crippen molar-refractivity contribution in [2.45, 2.75) is 69.9 Å². The molecule has 11 nitrogen and oxygen atoms in total. The fourth-order valence-electron chi connectivity index (χ4n) is 7.13. The highest BCUT2D eigenvalue weighted by molar-refractivity contribution is 7.19. The molecule has 38 heavy (non-hydrogen) atoms. The molecule has 12 heteroatoms. The maximum absolute atomic E-state index is 13.8. The molecule has 6 rings (SSSR count). The molecule has 2 saturated carbocycles. The van der Waals surface area contributed by atoms with E-state index in [1.807, 2.05) is 0 Å². The maximum Gasteiger partial charge on any atom is 0.243 e. The predicted octanol–water partition coefficient (Wildman–Crippen LogP) is 2.72. The van der Waals surface area contributed by atoms with Gasteiger partial charge in [-0.2, -0.15) is 0 Å². The molecule has 2 aliphatic heterocycles. The Labute approximate surface area is 228 Å². The molecule has 4 fully saturated rings. The molecule has 2 N–H and O–H groups in total. The first-order valence-electron chi connectivity index (χ1n) is 14.3. The third kappa shape index (κ3) is 5.76. The quantitative estimate of drug-likeness (QED) is 0.543. The number of rotatable bonds is 7. The van der Waals surface area contributed by atoms with Crippen LogP contribution in [0.5, 0.6) is 0 Å². The molecule has 2 aromatic heterocycles. The predicted molar refractivity (Wildman–Crippen MR) is 148 cm³/mol. The summed E-state index contributed by atoms with van der Waals surface area (Å²) in [6.45, 7) is 5.59. The van der Waals surface area contributed by atoms with Crippen molar-refractivity contribution in [2.24, 2.45) is 11.3 Å².